The van der Waals surface area contributed by atoms with Gasteiger partial charge in [0.05, 0.1) is 0 Å². The van der Waals surface area contributed by atoms with Crippen LogP contribution in [-0.2, 0) is 0 Å². The highest BCUT2D eigenvalue weighted by atomic mass is 79.9. The third-order valence-corrected chi connectivity index (χ3v) is 3.93. The Balaban J connectivity index is 2.78. The summed E-state index contributed by atoms with van der Waals surface area (Å²) in [4.78, 5) is 0. The average molecular weight is 340 g/mol. The van der Waals surface area contributed by atoms with Crippen molar-refractivity contribution in [3.05, 3.63) is 34.3 Å². The van der Waals surface area contributed by atoms with E-state index in [1.807, 2.05) is 0 Å². The molecule has 0 aromatic heterocycles. The maximum atomic E-state index is 3.66. The Morgan fingerprint density at radius 3 is 2.25 bits per heavy atom. The fourth-order valence-corrected chi connectivity index (χ4v) is 2.60. The first-order valence-corrected chi connectivity index (χ1v) is 8.37. The third kappa shape index (κ3) is 7.44. The smallest absolute Gasteiger partial charge is 0.0178 e. The summed E-state index contributed by atoms with van der Waals surface area (Å²) in [6.07, 6.45) is 2.47. The van der Waals surface area contributed by atoms with Crippen LogP contribution < -0.4 is 5.32 Å². The Labute approximate surface area is 133 Å². The maximum Gasteiger partial charge on any atom is 0.0178 e. The molecule has 0 heterocycles. The van der Waals surface area contributed by atoms with Crippen molar-refractivity contribution in [1.82, 2.24) is 5.32 Å². The predicted molar refractivity (Wildman–Crippen MR) is 93.3 cm³/mol. The minimum Gasteiger partial charge on any atom is -0.311 e. The number of rotatable bonds is 5. The van der Waals surface area contributed by atoms with E-state index in [1.54, 1.807) is 0 Å². The van der Waals surface area contributed by atoms with Gasteiger partial charge in [-0.05, 0) is 62.6 Å². The zero-order chi connectivity index (χ0) is 15.4. The summed E-state index contributed by atoms with van der Waals surface area (Å²) in [5.41, 5.74) is 2.00. The number of nitrogens with one attached hydrogen (secondary N) is 1. The molecular formula is C18H30BrN. The molecule has 1 aromatic carbocycles. The Kier molecular flexibility index (Phi) is 6.27. The molecule has 1 unspecified atom stereocenters. The van der Waals surface area contributed by atoms with Crippen molar-refractivity contribution in [2.75, 3.05) is 6.54 Å². The van der Waals surface area contributed by atoms with Gasteiger partial charge in [-0.2, -0.15) is 0 Å². The van der Waals surface area contributed by atoms with Crippen molar-refractivity contribution < 1.29 is 0 Å². The lowest BCUT2D eigenvalue weighted by Crippen LogP contribution is -2.38. The number of benzene rings is 1. The number of hydrogen-bond donors (Lipinski definition) is 1. The van der Waals surface area contributed by atoms with Crippen LogP contribution in [0.4, 0.5) is 0 Å². The van der Waals surface area contributed by atoms with E-state index >= 15 is 0 Å². The summed E-state index contributed by atoms with van der Waals surface area (Å²) < 4.78 is 1.17. The van der Waals surface area contributed by atoms with Crippen molar-refractivity contribution in [2.45, 2.75) is 65.8 Å². The van der Waals surface area contributed by atoms with Crippen LogP contribution in [0.5, 0.6) is 0 Å². The van der Waals surface area contributed by atoms with Gasteiger partial charge >= 0.3 is 0 Å². The van der Waals surface area contributed by atoms with Gasteiger partial charge in [0, 0.05) is 16.6 Å². The van der Waals surface area contributed by atoms with Gasteiger partial charge in [-0.3, -0.25) is 0 Å². The van der Waals surface area contributed by atoms with E-state index in [1.165, 1.54) is 22.9 Å². The SMILES string of the molecule is CC(C)(C)CCC(CNC(C)(C)C)c1cccc(Br)c1. The lowest BCUT2D eigenvalue weighted by molar-refractivity contribution is 0.330. The second-order valence-electron chi connectivity index (χ2n) is 7.98. The van der Waals surface area contributed by atoms with Crippen LogP contribution in [-0.4, -0.2) is 12.1 Å². The molecular weight excluding hydrogens is 310 g/mol. The van der Waals surface area contributed by atoms with Crippen molar-refractivity contribution in [1.29, 1.82) is 0 Å². The minimum absolute atomic E-state index is 0.173. The molecule has 1 atom stereocenters. The molecule has 0 saturated heterocycles. The standard InChI is InChI=1S/C18H30BrN/c1-17(2,3)11-10-15(13-20-18(4,5)6)14-8-7-9-16(19)12-14/h7-9,12,15,20H,10-11,13H2,1-6H3. The van der Waals surface area contributed by atoms with Crippen LogP contribution in [0.1, 0.15) is 65.9 Å². The van der Waals surface area contributed by atoms with Crippen molar-refractivity contribution in [3.63, 3.8) is 0 Å². The van der Waals surface area contributed by atoms with Gasteiger partial charge in [-0.15, -0.1) is 0 Å². The highest BCUT2D eigenvalue weighted by Gasteiger charge is 2.19. The summed E-state index contributed by atoms with van der Waals surface area (Å²) in [6.45, 7) is 14.7. The molecule has 1 nitrogen and oxygen atoms in total. The van der Waals surface area contributed by atoms with Gasteiger partial charge < -0.3 is 5.32 Å². The van der Waals surface area contributed by atoms with E-state index < -0.39 is 0 Å². The molecule has 0 aliphatic heterocycles. The molecule has 20 heavy (non-hydrogen) atoms. The molecule has 0 saturated carbocycles. The van der Waals surface area contributed by atoms with Crippen LogP contribution in [0.3, 0.4) is 0 Å². The van der Waals surface area contributed by atoms with Crippen molar-refractivity contribution in [3.8, 4) is 0 Å². The predicted octanol–water partition coefficient (Wildman–Crippen LogP) is 5.75. The third-order valence-electron chi connectivity index (χ3n) is 3.44. The van der Waals surface area contributed by atoms with Crippen LogP contribution in [0.15, 0.2) is 28.7 Å². The summed E-state index contributed by atoms with van der Waals surface area (Å²) in [5.74, 6) is 0.575. The molecule has 0 amide bonds. The first-order valence-electron chi connectivity index (χ1n) is 7.57. The van der Waals surface area contributed by atoms with Gasteiger partial charge in [0.1, 0.15) is 0 Å². The van der Waals surface area contributed by atoms with Gasteiger partial charge in [0.25, 0.3) is 0 Å². The van der Waals surface area contributed by atoms with E-state index in [2.05, 4.69) is 87.1 Å². The molecule has 0 aliphatic carbocycles. The number of hydrogen-bond acceptors (Lipinski definition) is 1. The van der Waals surface area contributed by atoms with Crippen LogP contribution in [0.2, 0.25) is 0 Å². The quantitative estimate of drug-likeness (QED) is 0.720. The number of halogens is 1. The van der Waals surface area contributed by atoms with E-state index in [4.69, 9.17) is 0 Å². The van der Waals surface area contributed by atoms with Gasteiger partial charge in [-0.1, -0.05) is 48.8 Å². The summed E-state index contributed by atoms with van der Waals surface area (Å²) in [5, 5.41) is 3.66. The Bertz CT molecular complexity index is 394. The van der Waals surface area contributed by atoms with E-state index in [0.717, 1.165) is 6.54 Å². The van der Waals surface area contributed by atoms with Gasteiger partial charge in [0.2, 0.25) is 0 Å². The topological polar surface area (TPSA) is 12.0 Å². The molecule has 2 heteroatoms. The molecule has 0 spiro atoms. The first-order chi connectivity index (χ1) is 9.07. The van der Waals surface area contributed by atoms with Crippen LogP contribution >= 0.6 is 15.9 Å². The van der Waals surface area contributed by atoms with Crippen molar-refractivity contribution in [2.24, 2.45) is 5.41 Å². The highest BCUT2D eigenvalue weighted by molar-refractivity contribution is 9.10. The first kappa shape index (κ1) is 17.7. The normalized spacial score (nSPS) is 14.3. The largest absolute Gasteiger partial charge is 0.311 e. The lowest BCUT2D eigenvalue weighted by atomic mass is 9.84. The fraction of sp³-hybridized carbons (Fsp3) is 0.667. The molecule has 1 N–H and O–H groups in total. The Hall–Kier alpha value is -0.340. The molecule has 0 fully saturated rings. The molecule has 1 aromatic rings. The lowest BCUT2D eigenvalue weighted by Gasteiger charge is -2.28. The molecule has 114 valence electrons. The van der Waals surface area contributed by atoms with Crippen LogP contribution in [0.25, 0.3) is 0 Å². The zero-order valence-electron chi connectivity index (χ0n) is 13.9. The van der Waals surface area contributed by atoms with Crippen molar-refractivity contribution >= 4 is 15.9 Å². The van der Waals surface area contributed by atoms with Gasteiger partial charge in [0.15, 0.2) is 0 Å². The summed E-state index contributed by atoms with van der Waals surface area (Å²) >= 11 is 3.59. The fourth-order valence-electron chi connectivity index (χ4n) is 2.18. The Morgan fingerprint density at radius 1 is 1.10 bits per heavy atom. The zero-order valence-corrected chi connectivity index (χ0v) is 15.5. The molecule has 0 bridgehead atoms. The van der Waals surface area contributed by atoms with E-state index in [-0.39, 0.29) is 5.54 Å². The second kappa shape index (κ2) is 7.09. The molecule has 0 radical (unpaired) electrons. The van der Waals surface area contributed by atoms with Crippen LogP contribution in [0, 0.1) is 5.41 Å². The van der Waals surface area contributed by atoms with E-state index in [9.17, 15) is 0 Å². The monoisotopic (exact) mass is 339 g/mol. The highest BCUT2D eigenvalue weighted by Crippen LogP contribution is 2.30. The molecule has 1 rings (SSSR count). The summed E-state index contributed by atoms with van der Waals surface area (Å²) in [6, 6.07) is 8.75. The van der Waals surface area contributed by atoms with E-state index in [0.29, 0.717) is 11.3 Å². The maximum absolute atomic E-state index is 3.66. The Morgan fingerprint density at radius 2 is 1.75 bits per heavy atom. The van der Waals surface area contributed by atoms with Gasteiger partial charge in [-0.25, -0.2) is 0 Å². The second-order valence-corrected chi connectivity index (χ2v) is 8.90. The summed E-state index contributed by atoms with van der Waals surface area (Å²) in [7, 11) is 0. The minimum atomic E-state index is 0.173. The molecule has 0 aliphatic rings. The average Bonchev–Trinajstić information content (AvgIpc) is 2.26.